The molecule has 0 saturated carbocycles. The van der Waals surface area contributed by atoms with E-state index in [0.717, 1.165) is 25.2 Å². The van der Waals surface area contributed by atoms with Crippen molar-refractivity contribution in [2.45, 2.75) is 31.7 Å². The minimum Gasteiger partial charge on any atom is -0.465 e. The number of esters is 1. The van der Waals surface area contributed by atoms with Crippen molar-refractivity contribution in [3.63, 3.8) is 0 Å². The van der Waals surface area contributed by atoms with Crippen LogP contribution in [0.25, 0.3) is 5.65 Å². The van der Waals surface area contributed by atoms with Gasteiger partial charge in [-0.3, -0.25) is 0 Å². The van der Waals surface area contributed by atoms with Gasteiger partial charge in [0.05, 0.1) is 7.11 Å². The van der Waals surface area contributed by atoms with Gasteiger partial charge < -0.3 is 10.1 Å². The van der Waals surface area contributed by atoms with Crippen molar-refractivity contribution in [1.29, 1.82) is 0 Å². The molecule has 2 aromatic heterocycles. The maximum absolute atomic E-state index is 11.7. The molecular weight excluding hydrogens is 256 g/mol. The lowest BCUT2D eigenvalue weighted by Crippen LogP contribution is -2.35. The normalized spacial score (nSPS) is 19.1. The first-order chi connectivity index (χ1) is 9.78. The van der Waals surface area contributed by atoms with Crippen molar-refractivity contribution in [3.05, 3.63) is 29.7 Å². The minimum atomic E-state index is -0.384. The Morgan fingerprint density at radius 2 is 2.45 bits per heavy atom. The second-order valence-corrected chi connectivity index (χ2v) is 5.06. The summed E-state index contributed by atoms with van der Waals surface area (Å²) in [7, 11) is 1.37. The van der Waals surface area contributed by atoms with Crippen LogP contribution in [0.3, 0.4) is 0 Å². The molecule has 0 amide bonds. The minimum absolute atomic E-state index is 0.384. The summed E-state index contributed by atoms with van der Waals surface area (Å²) < 4.78 is 6.41. The second kappa shape index (κ2) is 5.58. The highest BCUT2D eigenvalue weighted by molar-refractivity contribution is 5.95. The summed E-state index contributed by atoms with van der Waals surface area (Å²) >= 11 is 0. The zero-order valence-electron chi connectivity index (χ0n) is 11.5. The zero-order chi connectivity index (χ0) is 13.9. The SMILES string of the molecule is COC(=O)c1cccn2nc(CC3CCCCN3)nc12. The number of nitrogens with zero attached hydrogens (tertiary/aromatic N) is 3. The van der Waals surface area contributed by atoms with E-state index in [1.54, 1.807) is 22.8 Å². The van der Waals surface area contributed by atoms with Crippen LogP contribution < -0.4 is 5.32 Å². The lowest BCUT2D eigenvalue weighted by Gasteiger charge is -2.21. The van der Waals surface area contributed by atoms with E-state index >= 15 is 0 Å². The van der Waals surface area contributed by atoms with Gasteiger partial charge >= 0.3 is 5.97 Å². The van der Waals surface area contributed by atoms with Gasteiger partial charge in [0, 0.05) is 18.7 Å². The van der Waals surface area contributed by atoms with Crippen LogP contribution in [0.15, 0.2) is 18.3 Å². The molecule has 106 valence electrons. The van der Waals surface area contributed by atoms with Crippen LogP contribution in [0.2, 0.25) is 0 Å². The Bertz CT molecular complexity index is 617. The largest absolute Gasteiger partial charge is 0.465 e. The fourth-order valence-corrected chi connectivity index (χ4v) is 2.62. The first-order valence-corrected chi connectivity index (χ1v) is 6.94. The van der Waals surface area contributed by atoms with Crippen molar-refractivity contribution >= 4 is 11.6 Å². The van der Waals surface area contributed by atoms with Gasteiger partial charge in [-0.15, -0.1) is 0 Å². The average molecular weight is 274 g/mol. The number of pyridine rings is 1. The molecule has 3 heterocycles. The number of carbonyl (C=O) groups excluding carboxylic acids is 1. The Morgan fingerprint density at radius 3 is 3.20 bits per heavy atom. The van der Waals surface area contributed by atoms with E-state index < -0.39 is 0 Å². The number of hydrogen-bond acceptors (Lipinski definition) is 5. The number of hydrogen-bond donors (Lipinski definition) is 1. The number of carbonyl (C=O) groups is 1. The fraction of sp³-hybridized carbons (Fsp3) is 0.500. The lowest BCUT2D eigenvalue weighted by molar-refractivity contribution is 0.0602. The number of aromatic nitrogens is 3. The maximum atomic E-state index is 11.7. The smallest absolute Gasteiger partial charge is 0.341 e. The van der Waals surface area contributed by atoms with E-state index in [1.165, 1.54) is 20.0 Å². The Morgan fingerprint density at radius 1 is 1.55 bits per heavy atom. The highest BCUT2D eigenvalue weighted by Crippen LogP contribution is 2.14. The molecule has 0 aromatic carbocycles. The molecule has 2 aromatic rings. The molecule has 1 saturated heterocycles. The van der Waals surface area contributed by atoms with Crippen molar-refractivity contribution < 1.29 is 9.53 Å². The van der Waals surface area contributed by atoms with Crippen molar-refractivity contribution in [2.75, 3.05) is 13.7 Å². The van der Waals surface area contributed by atoms with E-state index in [1.807, 2.05) is 0 Å². The molecule has 1 unspecified atom stereocenters. The molecule has 1 aliphatic heterocycles. The summed E-state index contributed by atoms with van der Waals surface area (Å²) in [6.45, 7) is 1.06. The number of piperidine rings is 1. The highest BCUT2D eigenvalue weighted by atomic mass is 16.5. The average Bonchev–Trinajstić information content (AvgIpc) is 2.89. The number of rotatable bonds is 3. The molecule has 0 radical (unpaired) electrons. The van der Waals surface area contributed by atoms with Gasteiger partial charge in [-0.1, -0.05) is 6.42 Å². The number of methoxy groups -OCH3 is 1. The summed E-state index contributed by atoms with van der Waals surface area (Å²) in [4.78, 5) is 16.2. The topological polar surface area (TPSA) is 68.5 Å². The number of nitrogens with one attached hydrogen (secondary N) is 1. The van der Waals surface area contributed by atoms with E-state index in [9.17, 15) is 4.79 Å². The molecular formula is C14H18N4O2. The quantitative estimate of drug-likeness (QED) is 0.852. The van der Waals surface area contributed by atoms with Gasteiger partial charge in [0.15, 0.2) is 11.5 Å². The second-order valence-electron chi connectivity index (χ2n) is 5.06. The lowest BCUT2D eigenvalue weighted by atomic mass is 10.0. The summed E-state index contributed by atoms with van der Waals surface area (Å²) in [5, 5.41) is 7.92. The standard InChI is InChI=1S/C14H18N4O2/c1-20-14(19)11-6-4-8-18-13(11)16-12(17-18)9-10-5-2-3-7-15-10/h4,6,8,10,15H,2-3,5,7,9H2,1H3. The summed E-state index contributed by atoms with van der Waals surface area (Å²) in [5.74, 6) is 0.381. The van der Waals surface area contributed by atoms with Crippen molar-refractivity contribution in [3.8, 4) is 0 Å². The summed E-state index contributed by atoms with van der Waals surface area (Å²) in [6.07, 6.45) is 6.23. The summed E-state index contributed by atoms with van der Waals surface area (Å²) in [5.41, 5.74) is 1.01. The number of ether oxygens (including phenoxy) is 1. The first-order valence-electron chi connectivity index (χ1n) is 6.94. The van der Waals surface area contributed by atoms with Gasteiger partial charge in [0.1, 0.15) is 5.56 Å². The Balaban J connectivity index is 1.88. The fourth-order valence-electron chi connectivity index (χ4n) is 2.62. The zero-order valence-corrected chi connectivity index (χ0v) is 11.5. The summed E-state index contributed by atoms with van der Waals surface area (Å²) in [6, 6.07) is 3.91. The van der Waals surface area contributed by atoms with Crippen LogP contribution in [0.5, 0.6) is 0 Å². The molecule has 6 heteroatoms. The molecule has 0 aliphatic carbocycles. The van der Waals surface area contributed by atoms with E-state index in [0.29, 0.717) is 17.3 Å². The number of fused-ring (bicyclic) bond motifs is 1. The van der Waals surface area contributed by atoms with Gasteiger partial charge in [-0.25, -0.2) is 14.3 Å². The van der Waals surface area contributed by atoms with Crippen LogP contribution in [-0.2, 0) is 11.2 Å². The maximum Gasteiger partial charge on any atom is 0.341 e. The molecule has 1 aliphatic rings. The Hall–Kier alpha value is -1.95. The molecule has 0 bridgehead atoms. The van der Waals surface area contributed by atoms with Crippen molar-refractivity contribution in [1.82, 2.24) is 19.9 Å². The third-order valence-corrected chi connectivity index (χ3v) is 3.65. The Kier molecular flexibility index (Phi) is 3.64. The van der Waals surface area contributed by atoms with Crippen LogP contribution in [0.4, 0.5) is 0 Å². The van der Waals surface area contributed by atoms with Gasteiger partial charge in [0.2, 0.25) is 0 Å². The predicted molar refractivity (Wildman–Crippen MR) is 73.7 cm³/mol. The monoisotopic (exact) mass is 274 g/mol. The van der Waals surface area contributed by atoms with Gasteiger partial charge in [0.25, 0.3) is 0 Å². The Labute approximate surface area is 117 Å². The third-order valence-electron chi connectivity index (χ3n) is 3.65. The van der Waals surface area contributed by atoms with Crippen LogP contribution >= 0.6 is 0 Å². The predicted octanol–water partition coefficient (Wildman–Crippen LogP) is 1.20. The van der Waals surface area contributed by atoms with E-state index in [-0.39, 0.29) is 5.97 Å². The first kappa shape index (κ1) is 13.1. The van der Waals surface area contributed by atoms with Gasteiger partial charge in [-0.05, 0) is 31.5 Å². The highest BCUT2D eigenvalue weighted by Gasteiger charge is 2.18. The van der Waals surface area contributed by atoms with Crippen LogP contribution in [-0.4, -0.2) is 40.3 Å². The molecule has 1 N–H and O–H groups in total. The van der Waals surface area contributed by atoms with Gasteiger partial charge in [-0.2, -0.15) is 5.10 Å². The molecule has 20 heavy (non-hydrogen) atoms. The van der Waals surface area contributed by atoms with Crippen LogP contribution in [0.1, 0.15) is 35.4 Å². The van der Waals surface area contributed by atoms with E-state index in [4.69, 9.17) is 4.74 Å². The van der Waals surface area contributed by atoms with E-state index in [2.05, 4.69) is 15.4 Å². The molecule has 1 fully saturated rings. The third kappa shape index (κ3) is 2.51. The van der Waals surface area contributed by atoms with Crippen molar-refractivity contribution in [2.24, 2.45) is 0 Å². The van der Waals surface area contributed by atoms with Crippen LogP contribution in [0, 0.1) is 0 Å². The molecule has 1 atom stereocenters. The molecule has 6 nitrogen and oxygen atoms in total. The molecule has 3 rings (SSSR count). The molecule has 0 spiro atoms.